The van der Waals surface area contributed by atoms with E-state index in [-0.39, 0.29) is 0 Å². The van der Waals surface area contributed by atoms with Crippen LogP contribution in [0.3, 0.4) is 0 Å². The summed E-state index contributed by atoms with van der Waals surface area (Å²) in [6, 6.07) is 0. The molecule has 0 aromatic heterocycles. The Morgan fingerprint density at radius 2 is 2.23 bits per heavy atom. The number of allylic oxidation sites excluding steroid dienone is 2. The molecule has 5 heteroatoms. The number of carbonyl (C=O) groups excluding carboxylic acids is 2. The van der Waals surface area contributed by atoms with Crippen molar-refractivity contribution in [1.29, 1.82) is 0 Å². The summed E-state index contributed by atoms with van der Waals surface area (Å²) >= 11 is 0. The molecule has 0 bridgehead atoms. The maximum atomic E-state index is 10.7. The minimum Gasteiger partial charge on any atom is -0.385 e. The van der Waals surface area contributed by atoms with Crippen LogP contribution in [0.5, 0.6) is 0 Å². The molecule has 13 heavy (non-hydrogen) atoms. The van der Waals surface area contributed by atoms with Crippen LogP contribution in [0.2, 0.25) is 0 Å². The van der Waals surface area contributed by atoms with Crippen molar-refractivity contribution in [3.05, 3.63) is 24.8 Å². The second-order valence-corrected chi connectivity index (χ2v) is 2.03. The molecule has 1 amide bonds. The van der Waals surface area contributed by atoms with Crippen LogP contribution in [-0.2, 0) is 14.4 Å². The van der Waals surface area contributed by atoms with E-state index in [1.54, 1.807) is 12.2 Å². The molecule has 0 aliphatic heterocycles. The standard InChI is InChI=1S/C8H11NO4/c1-2-3-4-5-7(11)9-13-8(12)6-10/h2,4-5,10H,1,3,6H2,(H,9,11). The first kappa shape index (κ1) is 11.4. The lowest BCUT2D eigenvalue weighted by Crippen LogP contribution is -2.26. The second-order valence-electron chi connectivity index (χ2n) is 2.03. The van der Waals surface area contributed by atoms with Crippen molar-refractivity contribution in [2.24, 2.45) is 0 Å². The first-order valence-electron chi connectivity index (χ1n) is 3.58. The molecule has 0 aliphatic carbocycles. The van der Waals surface area contributed by atoms with E-state index in [4.69, 9.17) is 5.11 Å². The fourth-order valence-corrected chi connectivity index (χ4v) is 0.445. The van der Waals surface area contributed by atoms with Crippen LogP contribution < -0.4 is 5.48 Å². The van der Waals surface area contributed by atoms with Gasteiger partial charge >= 0.3 is 5.97 Å². The SMILES string of the molecule is C=CCC=CC(=O)NOC(=O)CO. The molecule has 0 saturated carbocycles. The summed E-state index contributed by atoms with van der Waals surface area (Å²) < 4.78 is 0. The van der Waals surface area contributed by atoms with Crippen molar-refractivity contribution < 1.29 is 19.5 Å². The Hall–Kier alpha value is -1.62. The van der Waals surface area contributed by atoms with Crippen LogP contribution in [0.25, 0.3) is 0 Å². The van der Waals surface area contributed by atoms with E-state index in [2.05, 4.69) is 11.4 Å². The quantitative estimate of drug-likeness (QED) is 0.357. The minimum absolute atomic E-state index is 0.557. The molecular formula is C8H11NO4. The summed E-state index contributed by atoms with van der Waals surface area (Å²) in [5, 5.41) is 8.20. The number of hydrogen-bond acceptors (Lipinski definition) is 4. The first-order chi connectivity index (χ1) is 6.20. The normalized spacial score (nSPS) is 9.62. The number of hydroxylamine groups is 1. The van der Waals surface area contributed by atoms with Crippen molar-refractivity contribution in [2.45, 2.75) is 6.42 Å². The van der Waals surface area contributed by atoms with Gasteiger partial charge in [-0.05, 0) is 6.42 Å². The number of aliphatic hydroxyl groups excluding tert-OH is 1. The molecule has 0 aliphatic rings. The number of amides is 1. The van der Waals surface area contributed by atoms with Gasteiger partial charge in [-0.3, -0.25) is 4.79 Å². The highest BCUT2D eigenvalue weighted by atomic mass is 16.7. The predicted octanol–water partition coefficient (Wildman–Crippen LogP) is -0.315. The fraction of sp³-hybridized carbons (Fsp3) is 0.250. The molecule has 0 heterocycles. The van der Waals surface area contributed by atoms with Crippen molar-refractivity contribution in [1.82, 2.24) is 5.48 Å². The smallest absolute Gasteiger partial charge is 0.357 e. The van der Waals surface area contributed by atoms with Gasteiger partial charge in [-0.1, -0.05) is 12.2 Å². The van der Waals surface area contributed by atoms with Gasteiger partial charge in [-0.25, -0.2) is 4.79 Å². The lowest BCUT2D eigenvalue weighted by Gasteiger charge is -1.99. The highest BCUT2D eigenvalue weighted by Gasteiger charge is 2.00. The average molecular weight is 185 g/mol. The third-order valence-electron chi connectivity index (χ3n) is 0.967. The van der Waals surface area contributed by atoms with Crippen molar-refractivity contribution >= 4 is 11.9 Å². The van der Waals surface area contributed by atoms with E-state index < -0.39 is 18.5 Å². The number of hydrogen-bond donors (Lipinski definition) is 2. The molecule has 5 nitrogen and oxygen atoms in total. The van der Waals surface area contributed by atoms with Crippen LogP contribution in [0.1, 0.15) is 6.42 Å². The van der Waals surface area contributed by atoms with E-state index in [1.165, 1.54) is 6.08 Å². The third kappa shape index (κ3) is 6.77. The maximum absolute atomic E-state index is 10.7. The molecule has 0 radical (unpaired) electrons. The Morgan fingerprint density at radius 3 is 2.77 bits per heavy atom. The van der Waals surface area contributed by atoms with Crippen LogP contribution in [0, 0.1) is 0 Å². The zero-order valence-corrected chi connectivity index (χ0v) is 7.03. The molecule has 0 saturated heterocycles. The monoisotopic (exact) mass is 185 g/mol. The number of rotatable bonds is 4. The Labute approximate surface area is 75.6 Å². The summed E-state index contributed by atoms with van der Waals surface area (Å²) in [5.41, 5.74) is 1.82. The average Bonchev–Trinajstić information content (AvgIpc) is 2.14. The largest absolute Gasteiger partial charge is 0.385 e. The van der Waals surface area contributed by atoms with Gasteiger partial charge in [0.25, 0.3) is 5.91 Å². The van der Waals surface area contributed by atoms with Crippen molar-refractivity contribution in [3.8, 4) is 0 Å². The van der Waals surface area contributed by atoms with Crippen molar-refractivity contribution in [2.75, 3.05) is 6.61 Å². The minimum atomic E-state index is -0.912. The molecule has 0 unspecified atom stereocenters. The number of aliphatic hydroxyl groups is 1. The number of nitrogens with one attached hydrogen (secondary N) is 1. The highest BCUT2D eigenvalue weighted by Crippen LogP contribution is 1.82. The van der Waals surface area contributed by atoms with Gasteiger partial charge in [0.2, 0.25) is 0 Å². The molecule has 0 atom stereocenters. The highest BCUT2D eigenvalue weighted by molar-refractivity contribution is 5.87. The van der Waals surface area contributed by atoms with Crippen LogP contribution in [0.4, 0.5) is 0 Å². The second kappa shape index (κ2) is 7.05. The molecule has 0 aromatic carbocycles. The zero-order chi connectivity index (χ0) is 10.1. The Morgan fingerprint density at radius 1 is 1.54 bits per heavy atom. The Bertz CT molecular complexity index is 222. The Balaban J connectivity index is 3.62. The summed E-state index contributed by atoms with van der Waals surface area (Å²) in [6.45, 7) is 2.68. The first-order valence-corrected chi connectivity index (χ1v) is 3.58. The topological polar surface area (TPSA) is 75.6 Å². The van der Waals surface area contributed by atoms with Crippen LogP contribution in [-0.4, -0.2) is 23.6 Å². The molecule has 0 rings (SSSR count). The van der Waals surface area contributed by atoms with Gasteiger partial charge in [0.1, 0.15) is 6.61 Å². The lowest BCUT2D eigenvalue weighted by atomic mass is 10.4. The van der Waals surface area contributed by atoms with E-state index in [0.717, 1.165) is 0 Å². The van der Waals surface area contributed by atoms with E-state index in [0.29, 0.717) is 6.42 Å². The van der Waals surface area contributed by atoms with E-state index in [9.17, 15) is 9.59 Å². The van der Waals surface area contributed by atoms with Gasteiger partial charge in [0, 0.05) is 6.08 Å². The van der Waals surface area contributed by atoms with Crippen molar-refractivity contribution in [3.63, 3.8) is 0 Å². The molecule has 2 N–H and O–H groups in total. The zero-order valence-electron chi connectivity index (χ0n) is 7.03. The van der Waals surface area contributed by atoms with Crippen LogP contribution in [0.15, 0.2) is 24.8 Å². The lowest BCUT2D eigenvalue weighted by molar-refractivity contribution is -0.159. The molecule has 0 aromatic rings. The predicted molar refractivity (Wildman–Crippen MR) is 45.3 cm³/mol. The van der Waals surface area contributed by atoms with Gasteiger partial charge in [-0.2, -0.15) is 5.48 Å². The van der Waals surface area contributed by atoms with E-state index >= 15 is 0 Å². The summed E-state index contributed by atoms with van der Waals surface area (Å²) in [7, 11) is 0. The summed E-state index contributed by atoms with van der Waals surface area (Å²) in [6.07, 6.45) is 4.92. The maximum Gasteiger partial charge on any atom is 0.357 e. The van der Waals surface area contributed by atoms with Gasteiger partial charge in [0.05, 0.1) is 0 Å². The molecule has 0 spiro atoms. The van der Waals surface area contributed by atoms with Crippen LogP contribution >= 0.6 is 0 Å². The molecular weight excluding hydrogens is 174 g/mol. The molecule has 0 fully saturated rings. The number of carbonyl (C=O) groups is 2. The fourth-order valence-electron chi connectivity index (χ4n) is 0.445. The third-order valence-corrected chi connectivity index (χ3v) is 0.967. The van der Waals surface area contributed by atoms with Gasteiger partial charge in [-0.15, -0.1) is 6.58 Å². The molecule has 72 valence electrons. The summed E-state index contributed by atoms with van der Waals surface area (Å²) in [4.78, 5) is 25.2. The van der Waals surface area contributed by atoms with Gasteiger partial charge in [0.15, 0.2) is 0 Å². The Kier molecular flexibility index (Phi) is 6.17. The van der Waals surface area contributed by atoms with Gasteiger partial charge < -0.3 is 9.94 Å². The summed E-state index contributed by atoms with van der Waals surface area (Å²) in [5.74, 6) is -1.48. The van der Waals surface area contributed by atoms with E-state index in [1.807, 2.05) is 5.48 Å².